The summed E-state index contributed by atoms with van der Waals surface area (Å²) in [6.45, 7) is 10.0. The Morgan fingerprint density at radius 2 is 1.97 bits per heavy atom. The van der Waals surface area contributed by atoms with Gasteiger partial charge >= 0.3 is 0 Å². The molecule has 0 unspecified atom stereocenters. The molecule has 1 radical (unpaired) electrons. The van der Waals surface area contributed by atoms with E-state index in [1.165, 1.54) is 11.1 Å². The third-order valence-corrected chi connectivity index (χ3v) is 5.56. The first-order valence-corrected chi connectivity index (χ1v) is 9.70. The predicted molar refractivity (Wildman–Crippen MR) is 118 cm³/mol. The van der Waals surface area contributed by atoms with E-state index in [1.807, 2.05) is 20.8 Å². The number of para-hydroxylation sites is 1. The normalized spacial score (nSPS) is 12.9. The van der Waals surface area contributed by atoms with E-state index >= 15 is 0 Å². The SMILES string of the molecule is [2H]C(C)(C)c1ccc2c(-n3c(C(C)=[C-]C)[c-]c4cccc(C)c43)[n+](C)ccc2c1.[Y]. The van der Waals surface area contributed by atoms with E-state index in [0.717, 1.165) is 38.8 Å². The molecular formula is C26H27N2Y-. The Morgan fingerprint density at radius 3 is 2.66 bits per heavy atom. The van der Waals surface area contributed by atoms with Gasteiger partial charge in [0.1, 0.15) is 0 Å². The molecular weight excluding hydrogens is 429 g/mol. The summed E-state index contributed by atoms with van der Waals surface area (Å²) in [6, 6.07) is 18.5. The van der Waals surface area contributed by atoms with Crippen molar-refractivity contribution in [3.05, 3.63) is 77.6 Å². The fraction of sp³-hybridized carbons (Fsp3) is 0.269. The van der Waals surface area contributed by atoms with Gasteiger partial charge in [-0.15, -0.1) is 37.1 Å². The van der Waals surface area contributed by atoms with E-state index in [2.05, 4.69) is 90.8 Å². The molecule has 0 saturated heterocycles. The third-order valence-electron chi connectivity index (χ3n) is 5.56. The number of benzene rings is 2. The number of pyridine rings is 1. The van der Waals surface area contributed by atoms with Crippen LogP contribution in [0.4, 0.5) is 0 Å². The van der Waals surface area contributed by atoms with Crippen LogP contribution in [-0.4, -0.2) is 4.57 Å². The number of nitrogens with zero attached hydrogens (tertiary/aromatic N) is 2. The topological polar surface area (TPSA) is 8.81 Å². The number of hydrogen-bond donors (Lipinski definition) is 0. The van der Waals surface area contributed by atoms with Gasteiger partial charge in [-0.25, -0.2) is 4.57 Å². The van der Waals surface area contributed by atoms with E-state index in [1.54, 1.807) is 0 Å². The molecule has 4 rings (SSSR count). The smallest absolute Gasteiger partial charge is 0.268 e. The molecule has 2 nitrogen and oxygen atoms in total. The maximum absolute atomic E-state index is 8.41. The maximum atomic E-state index is 8.41. The van der Waals surface area contributed by atoms with Gasteiger partial charge < -0.3 is 10.6 Å². The molecule has 145 valence electrons. The fourth-order valence-corrected chi connectivity index (χ4v) is 3.89. The molecule has 0 aliphatic rings. The third kappa shape index (κ3) is 3.73. The summed E-state index contributed by atoms with van der Waals surface area (Å²) in [5.74, 6) is 0.473. The Morgan fingerprint density at radius 1 is 1.21 bits per heavy atom. The molecule has 0 saturated carbocycles. The minimum absolute atomic E-state index is 0. The second kappa shape index (κ2) is 8.54. The van der Waals surface area contributed by atoms with Crippen LogP contribution < -0.4 is 4.57 Å². The number of rotatable bonds is 3. The fourth-order valence-electron chi connectivity index (χ4n) is 3.89. The molecule has 0 amide bonds. The second-order valence-corrected chi connectivity index (χ2v) is 7.71. The molecule has 0 bridgehead atoms. The Kier molecular flexibility index (Phi) is 6.04. The molecule has 0 spiro atoms. The van der Waals surface area contributed by atoms with Crippen LogP contribution in [0.3, 0.4) is 0 Å². The van der Waals surface area contributed by atoms with Crippen molar-refractivity contribution < 1.29 is 38.6 Å². The zero-order valence-electron chi connectivity index (χ0n) is 19.1. The molecule has 0 N–H and O–H groups in total. The number of allylic oxidation sites excluding steroid dienone is 2. The van der Waals surface area contributed by atoms with Gasteiger partial charge in [0.05, 0.1) is 18.6 Å². The quantitative estimate of drug-likeness (QED) is 0.261. The van der Waals surface area contributed by atoms with Crippen molar-refractivity contribution in [1.29, 1.82) is 0 Å². The van der Waals surface area contributed by atoms with Gasteiger partial charge in [0.2, 0.25) is 0 Å². The Labute approximate surface area is 200 Å². The molecule has 4 aromatic rings. The average molecular weight is 457 g/mol. The van der Waals surface area contributed by atoms with Gasteiger partial charge in [0, 0.05) is 39.6 Å². The molecule has 29 heavy (non-hydrogen) atoms. The van der Waals surface area contributed by atoms with Crippen LogP contribution in [0.25, 0.3) is 33.1 Å². The first-order valence-electron chi connectivity index (χ1n) is 10.2. The summed E-state index contributed by atoms with van der Waals surface area (Å²) in [4.78, 5) is 0. The number of hydrogen-bond acceptors (Lipinski definition) is 0. The van der Waals surface area contributed by atoms with Crippen LogP contribution >= 0.6 is 0 Å². The summed E-state index contributed by atoms with van der Waals surface area (Å²) in [5, 5.41) is 3.40. The minimum atomic E-state index is -0.626. The van der Waals surface area contributed by atoms with Crippen molar-refractivity contribution in [2.75, 3.05) is 0 Å². The van der Waals surface area contributed by atoms with Gasteiger partial charge in [0.15, 0.2) is 0 Å². The van der Waals surface area contributed by atoms with E-state index < -0.39 is 5.89 Å². The van der Waals surface area contributed by atoms with Crippen LogP contribution in [0.5, 0.6) is 0 Å². The van der Waals surface area contributed by atoms with Crippen molar-refractivity contribution in [2.45, 2.75) is 40.5 Å². The van der Waals surface area contributed by atoms with E-state index in [4.69, 9.17) is 1.37 Å². The molecule has 0 fully saturated rings. The van der Waals surface area contributed by atoms with E-state index in [9.17, 15) is 0 Å². The largest absolute Gasteiger partial charge is 0.330 e. The minimum Gasteiger partial charge on any atom is -0.330 e. The summed E-state index contributed by atoms with van der Waals surface area (Å²) in [6.07, 6.45) is 5.40. The van der Waals surface area contributed by atoms with Gasteiger partial charge in [-0.05, 0) is 41.5 Å². The van der Waals surface area contributed by atoms with Gasteiger partial charge in [-0.1, -0.05) is 32.0 Å². The van der Waals surface area contributed by atoms with Gasteiger partial charge in [-0.2, -0.15) is 6.07 Å². The number of aryl methyl sites for hydroxylation is 2. The van der Waals surface area contributed by atoms with Crippen molar-refractivity contribution in [1.82, 2.24) is 4.57 Å². The average Bonchev–Trinajstić information content (AvgIpc) is 3.06. The summed E-state index contributed by atoms with van der Waals surface area (Å²) in [7, 11) is 2.08. The van der Waals surface area contributed by atoms with Crippen molar-refractivity contribution in [3.8, 4) is 5.82 Å². The second-order valence-electron chi connectivity index (χ2n) is 7.71. The van der Waals surface area contributed by atoms with Crippen LogP contribution in [0, 0.1) is 19.1 Å². The number of aromatic nitrogens is 2. The van der Waals surface area contributed by atoms with Gasteiger partial charge in [0.25, 0.3) is 5.82 Å². The standard InChI is InChI=1S/C26H27N2.Y/c1-7-18(4)24-16-22-10-8-9-19(5)25(22)28(24)26-23-12-11-20(17(2)3)15-21(23)13-14-27(26)6;/h8-15,17H,1-6H3;/q-1;/i17D;. The van der Waals surface area contributed by atoms with Crippen molar-refractivity contribution in [3.63, 3.8) is 0 Å². The van der Waals surface area contributed by atoms with Crippen LogP contribution in [0.15, 0.2) is 48.7 Å². The predicted octanol–water partition coefficient (Wildman–Crippen LogP) is 6.06. The Hall–Kier alpha value is -1.77. The zero-order chi connectivity index (χ0) is 20.9. The molecule has 0 atom stereocenters. The zero-order valence-corrected chi connectivity index (χ0v) is 20.9. The summed E-state index contributed by atoms with van der Waals surface area (Å²) >= 11 is 0. The van der Waals surface area contributed by atoms with Crippen LogP contribution in [-0.2, 0) is 39.8 Å². The Balaban J connectivity index is 0.00000256. The molecule has 2 heterocycles. The molecule has 3 heteroatoms. The number of fused-ring (bicyclic) bond motifs is 2. The monoisotopic (exact) mass is 457 g/mol. The van der Waals surface area contributed by atoms with E-state index in [0.29, 0.717) is 0 Å². The van der Waals surface area contributed by atoms with E-state index in [-0.39, 0.29) is 32.7 Å². The van der Waals surface area contributed by atoms with Crippen LogP contribution in [0.1, 0.15) is 51.8 Å². The first-order chi connectivity index (χ1) is 13.7. The molecule has 2 aromatic heterocycles. The first kappa shape index (κ1) is 20.5. The van der Waals surface area contributed by atoms with Crippen molar-refractivity contribution >= 4 is 27.2 Å². The maximum Gasteiger partial charge on any atom is 0.268 e. The van der Waals surface area contributed by atoms with Crippen LogP contribution in [0.2, 0.25) is 0 Å². The van der Waals surface area contributed by atoms with Gasteiger partial charge in [-0.3, -0.25) is 5.57 Å². The molecule has 0 aliphatic heterocycles. The molecule has 0 aliphatic carbocycles. The summed E-state index contributed by atoms with van der Waals surface area (Å²) in [5.41, 5.74) is 5.51. The molecule has 2 aromatic carbocycles. The summed E-state index contributed by atoms with van der Waals surface area (Å²) < 4.78 is 12.9. The Bertz CT molecular complexity index is 1280. The van der Waals surface area contributed by atoms with Crippen molar-refractivity contribution in [2.24, 2.45) is 7.05 Å².